The van der Waals surface area contributed by atoms with Crippen LogP contribution in [0.15, 0.2) is 83.8 Å². The van der Waals surface area contributed by atoms with Gasteiger partial charge in [-0.05, 0) is 55.8 Å². The van der Waals surface area contributed by atoms with E-state index in [1.165, 1.54) is 10.5 Å². The second-order valence-corrected chi connectivity index (χ2v) is 7.81. The van der Waals surface area contributed by atoms with Crippen LogP contribution in [0.1, 0.15) is 34.5 Å². The number of hydrogen-bond acceptors (Lipinski definition) is 3. The van der Waals surface area contributed by atoms with Crippen LogP contribution in [0.25, 0.3) is 0 Å². The molecule has 0 aromatic heterocycles. The van der Waals surface area contributed by atoms with E-state index < -0.39 is 0 Å². The van der Waals surface area contributed by atoms with E-state index in [0.29, 0.717) is 12.2 Å². The molecule has 0 saturated heterocycles. The Hall–Kier alpha value is -2.72. The van der Waals surface area contributed by atoms with Gasteiger partial charge in [-0.3, -0.25) is 4.79 Å². The fraction of sp³-hybridized carbons (Fsp3) is 0.208. The molecular formula is C24H25NO2S. The first-order valence-electron chi connectivity index (χ1n) is 9.40. The molecule has 0 unspecified atom stereocenters. The standard InChI is InChI=1S/C24H25NO2S/c1-18-8-10-20(11-9-18)19(2)25-24(26)21-12-14-22(15-13-21)27-16-17-28-23-6-4-3-5-7-23/h3-15,19H,16-17H2,1-2H3,(H,25,26)/t19-/m0/s1. The summed E-state index contributed by atoms with van der Waals surface area (Å²) >= 11 is 1.76. The fourth-order valence-electron chi connectivity index (χ4n) is 2.76. The number of benzene rings is 3. The van der Waals surface area contributed by atoms with Gasteiger partial charge in [0.15, 0.2) is 0 Å². The maximum absolute atomic E-state index is 12.5. The molecule has 28 heavy (non-hydrogen) atoms. The van der Waals surface area contributed by atoms with E-state index in [1.54, 1.807) is 23.9 Å². The lowest BCUT2D eigenvalue weighted by atomic mass is 10.1. The monoisotopic (exact) mass is 391 g/mol. The Morgan fingerprint density at radius 1 is 0.964 bits per heavy atom. The smallest absolute Gasteiger partial charge is 0.251 e. The average Bonchev–Trinajstić information content (AvgIpc) is 2.73. The van der Waals surface area contributed by atoms with Crippen molar-refractivity contribution in [3.05, 3.63) is 95.6 Å². The van der Waals surface area contributed by atoms with Gasteiger partial charge < -0.3 is 10.1 Å². The van der Waals surface area contributed by atoms with E-state index >= 15 is 0 Å². The summed E-state index contributed by atoms with van der Waals surface area (Å²) in [5.41, 5.74) is 2.93. The van der Waals surface area contributed by atoms with Crippen LogP contribution in [-0.4, -0.2) is 18.3 Å². The van der Waals surface area contributed by atoms with Crippen LogP contribution >= 0.6 is 11.8 Å². The summed E-state index contributed by atoms with van der Waals surface area (Å²) < 4.78 is 5.77. The SMILES string of the molecule is Cc1ccc([C@H](C)NC(=O)c2ccc(OCCSc3ccccc3)cc2)cc1. The summed E-state index contributed by atoms with van der Waals surface area (Å²) in [6.07, 6.45) is 0. The van der Waals surface area contributed by atoms with Crippen molar-refractivity contribution in [3.8, 4) is 5.75 Å². The van der Waals surface area contributed by atoms with Gasteiger partial charge in [0, 0.05) is 16.2 Å². The van der Waals surface area contributed by atoms with Gasteiger partial charge >= 0.3 is 0 Å². The number of aryl methyl sites for hydroxylation is 1. The number of thioether (sulfide) groups is 1. The lowest BCUT2D eigenvalue weighted by Crippen LogP contribution is -2.26. The van der Waals surface area contributed by atoms with Crippen LogP contribution in [-0.2, 0) is 0 Å². The van der Waals surface area contributed by atoms with Gasteiger partial charge in [0.05, 0.1) is 12.6 Å². The fourth-order valence-corrected chi connectivity index (χ4v) is 3.51. The second kappa shape index (κ2) is 10.00. The van der Waals surface area contributed by atoms with Gasteiger partial charge in [0.1, 0.15) is 5.75 Å². The van der Waals surface area contributed by atoms with E-state index in [0.717, 1.165) is 17.1 Å². The van der Waals surface area contributed by atoms with Crippen molar-refractivity contribution in [2.24, 2.45) is 0 Å². The lowest BCUT2D eigenvalue weighted by molar-refractivity contribution is 0.0940. The lowest BCUT2D eigenvalue weighted by Gasteiger charge is -2.15. The molecule has 1 atom stereocenters. The minimum absolute atomic E-state index is 0.0426. The van der Waals surface area contributed by atoms with Gasteiger partial charge in [-0.25, -0.2) is 0 Å². The highest BCUT2D eigenvalue weighted by Gasteiger charge is 2.11. The molecule has 3 rings (SSSR count). The molecule has 0 bridgehead atoms. The molecule has 3 aromatic rings. The number of carbonyl (C=O) groups is 1. The quantitative estimate of drug-likeness (QED) is 0.398. The highest BCUT2D eigenvalue weighted by Crippen LogP contribution is 2.19. The number of hydrogen-bond donors (Lipinski definition) is 1. The van der Waals surface area contributed by atoms with E-state index in [4.69, 9.17) is 4.74 Å². The third kappa shape index (κ3) is 5.89. The molecule has 0 aliphatic carbocycles. The average molecular weight is 392 g/mol. The first-order chi connectivity index (χ1) is 13.6. The summed E-state index contributed by atoms with van der Waals surface area (Å²) in [6, 6.07) is 25.7. The van der Waals surface area contributed by atoms with Crippen LogP contribution in [0.2, 0.25) is 0 Å². The van der Waals surface area contributed by atoms with Crippen molar-refractivity contribution in [3.63, 3.8) is 0 Å². The number of nitrogens with one attached hydrogen (secondary N) is 1. The topological polar surface area (TPSA) is 38.3 Å². The van der Waals surface area contributed by atoms with Crippen LogP contribution in [0, 0.1) is 6.92 Å². The molecule has 0 spiro atoms. The molecule has 0 aliphatic heterocycles. The Labute approximate surface area is 171 Å². The zero-order chi connectivity index (χ0) is 19.8. The Kier molecular flexibility index (Phi) is 7.15. The molecule has 1 N–H and O–H groups in total. The molecule has 3 aromatic carbocycles. The number of ether oxygens (including phenoxy) is 1. The predicted molar refractivity (Wildman–Crippen MR) is 116 cm³/mol. The number of rotatable bonds is 8. The summed E-state index contributed by atoms with van der Waals surface area (Å²) in [6.45, 7) is 4.66. The highest BCUT2D eigenvalue weighted by molar-refractivity contribution is 7.99. The Bertz CT molecular complexity index is 877. The van der Waals surface area contributed by atoms with Gasteiger partial charge in [-0.2, -0.15) is 0 Å². The molecule has 0 saturated carbocycles. The first kappa shape index (κ1) is 20.0. The van der Waals surface area contributed by atoms with Crippen LogP contribution in [0.4, 0.5) is 0 Å². The molecule has 0 heterocycles. The number of amides is 1. The highest BCUT2D eigenvalue weighted by atomic mass is 32.2. The van der Waals surface area contributed by atoms with Gasteiger partial charge in [-0.15, -0.1) is 11.8 Å². The second-order valence-electron chi connectivity index (χ2n) is 6.64. The molecule has 0 radical (unpaired) electrons. The summed E-state index contributed by atoms with van der Waals surface area (Å²) in [5.74, 6) is 1.57. The van der Waals surface area contributed by atoms with Crippen molar-refractivity contribution in [1.82, 2.24) is 5.32 Å². The largest absolute Gasteiger partial charge is 0.493 e. The third-order valence-electron chi connectivity index (χ3n) is 4.41. The summed E-state index contributed by atoms with van der Waals surface area (Å²) in [4.78, 5) is 13.7. The van der Waals surface area contributed by atoms with Gasteiger partial charge in [0.25, 0.3) is 5.91 Å². The Morgan fingerprint density at radius 3 is 2.32 bits per heavy atom. The minimum atomic E-state index is -0.0840. The van der Waals surface area contributed by atoms with Crippen molar-refractivity contribution in [1.29, 1.82) is 0 Å². The Morgan fingerprint density at radius 2 is 1.64 bits per heavy atom. The zero-order valence-electron chi connectivity index (χ0n) is 16.2. The van der Waals surface area contributed by atoms with Crippen molar-refractivity contribution >= 4 is 17.7 Å². The molecule has 4 heteroatoms. The minimum Gasteiger partial charge on any atom is -0.493 e. The Balaban J connectivity index is 1.46. The first-order valence-corrected chi connectivity index (χ1v) is 10.4. The zero-order valence-corrected chi connectivity index (χ0v) is 17.0. The molecule has 3 nitrogen and oxygen atoms in total. The van der Waals surface area contributed by atoms with Crippen LogP contribution in [0.3, 0.4) is 0 Å². The maximum atomic E-state index is 12.5. The molecular weight excluding hydrogens is 366 g/mol. The normalized spacial score (nSPS) is 11.6. The maximum Gasteiger partial charge on any atom is 0.251 e. The summed E-state index contributed by atoms with van der Waals surface area (Å²) in [7, 11) is 0. The molecule has 0 fully saturated rings. The van der Waals surface area contributed by atoms with Crippen LogP contribution in [0.5, 0.6) is 5.75 Å². The van der Waals surface area contributed by atoms with E-state index in [9.17, 15) is 4.79 Å². The molecule has 144 valence electrons. The molecule has 0 aliphatic rings. The van der Waals surface area contributed by atoms with Crippen molar-refractivity contribution in [2.75, 3.05) is 12.4 Å². The van der Waals surface area contributed by atoms with Gasteiger partial charge in [0.2, 0.25) is 0 Å². The van der Waals surface area contributed by atoms with Gasteiger partial charge in [-0.1, -0.05) is 48.0 Å². The van der Waals surface area contributed by atoms with E-state index in [1.807, 2.05) is 49.4 Å². The van der Waals surface area contributed by atoms with Crippen LogP contribution < -0.4 is 10.1 Å². The predicted octanol–water partition coefficient (Wildman–Crippen LogP) is 5.66. The third-order valence-corrected chi connectivity index (χ3v) is 5.38. The number of carbonyl (C=O) groups excluding carboxylic acids is 1. The van der Waals surface area contributed by atoms with E-state index in [2.05, 4.69) is 36.5 Å². The molecule has 1 amide bonds. The van der Waals surface area contributed by atoms with E-state index in [-0.39, 0.29) is 11.9 Å². The summed E-state index contributed by atoms with van der Waals surface area (Å²) in [5, 5.41) is 3.04. The van der Waals surface area contributed by atoms with Crippen molar-refractivity contribution < 1.29 is 9.53 Å². The van der Waals surface area contributed by atoms with Crippen molar-refractivity contribution in [2.45, 2.75) is 24.8 Å².